The van der Waals surface area contributed by atoms with Gasteiger partial charge in [0, 0.05) is 11.8 Å². The number of anilines is 1. The van der Waals surface area contributed by atoms with Crippen molar-refractivity contribution in [2.45, 2.75) is 13.0 Å². The van der Waals surface area contributed by atoms with Crippen LogP contribution in [-0.4, -0.2) is 36.0 Å². The molecule has 0 radical (unpaired) electrons. The van der Waals surface area contributed by atoms with E-state index in [0.29, 0.717) is 28.4 Å². The molecule has 1 aromatic heterocycles. The van der Waals surface area contributed by atoms with Gasteiger partial charge in [-0.2, -0.15) is 0 Å². The highest BCUT2D eigenvalue weighted by Gasteiger charge is 2.47. The zero-order valence-corrected chi connectivity index (χ0v) is 17.9. The van der Waals surface area contributed by atoms with Crippen LogP contribution in [0.5, 0.6) is 11.5 Å². The van der Waals surface area contributed by atoms with Gasteiger partial charge in [-0.05, 0) is 36.8 Å². The number of aromatic nitrogens is 1. The zero-order chi connectivity index (χ0) is 22.8. The lowest BCUT2D eigenvalue weighted by atomic mass is 9.94. The number of hydrogen-bond donors (Lipinski definition) is 1. The van der Waals surface area contributed by atoms with Crippen LogP contribution in [0.1, 0.15) is 22.7 Å². The van der Waals surface area contributed by atoms with E-state index in [0.717, 1.165) is 5.56 Å². The summed E-state index contributed by atoms with van der Waals surface area (Å²) in [5.41, 5.74) is 2.00. The molecule has 32 heavy (non-hydrogen) atoms. The number of aryl methyl sites for hydroxylation is 1. The summed E-state index contributed by atoms with van der Waals surface area (Å²) < 4.78 is 10.7. The minimum atomic E-state index is -0.897. The van der Waals surface area contributed by atoms with Gasteiger partial charge >= 0.3 is 5.91 Å². The number of aliphatic hydroxyl groups excluding tert-OH is 1. The van der Waals surface area contributed by atoms with E-state index in [-0.39, 0.29) is 11.3 Å². The van der Waals surface area contributed by atoms with Gasteiger partial charge in [0.2, 0.25) is 0 Å². The number of carbonyl (C=O) groups excluding carboxylic acids is 2. The Kier molecular flexibility index (Phi) is 5.64. The summed E-state index contributed by atoms with van der Waals surface area (Å²) in [5, 5.41) is 11.1. The average molecular weight is 430 g/mol. The lowest BCUT2D eigenvalue weighted by Gasteiger charge is -2.25. The topological polar surface area (TPSA) is 89.0 Å². The van der Waals surface area contributed by atoms with E-state index in [2.05, 4.69) is 4.98 Å². The molecule has 1 amide bonds. The molecule has 1 fully saturated rings. The molecule has 0 unspecified atom stereocenters. The summed E-state index contributed by atoms with van der Waals surface area (Å²) >= 11 is 0. The summed E-state index contributed by atoms with van der Waals surface area (Å²) in [7, 11) is 3.03. The first-order valence-electron chi connectivity index (χ1n) is 9.97. The van der Waals surface area contributed by atoms with Crippen molar-refractivity contribution in [1.82, 2.24) is 4.98 Å². The Balaban J connectivity index is 1.96. The van der Waals surface area contributed by atoms with Gasteiger partial charge in [-0.3, -0.25) is 14.5 Å². The molecule has 1 N–H and O–H groups in total. The Labute approximate surface area is 185 Å². The van der Waals surface area contributed by atoms with E-state index in [1.54, 1.807) is 54.7 Å². The van der Waals surface area contributed by atoms with E-state index < -0.39 is 17.7 Å². The van der Waals surface area contributed by atoms with Gasteiger partial charge in [0.05, 0.1) is 25.8 Å². The molecule has 1 aliphatic heterocycles. The van der Waals surface area contributed by atoms with Gasteiger partial charge in [-0.15, -0.1) is 0 Å². The molecule has 1 atom stereocenters. The molecular formula is C25H22N2O5. The van der Waals surface area contributed by atoms with Gasteiger partial charge in [-0.25, -0.2) is 4.98 Å². The molecule has 4 rings (SSSR count). The molecule has 1 aliphatic rings. The van der Waals surface area contributed by atoms with Crippen molar-refractivity contribution in [2.24, 2.45) is 0 Å². The first kappa shape index (κ1) is 21.1. The van der Waals surface area contributed by atoms with Crippen LogP contribution < -0.4 is 14.4 Å². The minimum absolute atomic E-state index is 0.0169. The van der Waals surface area contributed by atoms with E-state index in [4.69, 9.17) is 9.47 Å². The Hall–Kier alpha value is -4.13. The van der Waals surface area contributed by atoms with E-state index >= 15 is 0 Å². The van der Waals surface area contributed by atoms with Gasteiger partial charge in [0.1, 0.15) is 11.6 Å². The fourth-order valence-corrected chi connectivity index (χ4v) is 3.77. The van der Waals surface area contributed by atoms with Gasteiger partial charge < -0.3 is 14.6 Å². The maximum Gasteiger partial charge on any atom is 0.301 e. The molecule has 3 aromatic rings. The van der Waals surface area contributed by atoms with Gasteiger partial charge in [0.15, 0.2) is 11.5 Å². The van der Waals surface area contributed by atoms with Crippen LogP contribution in [-0.2, 0) is 9.59 Å². The van der Waals surface area contributed by atoms with E-state index in [1.165, 1.54) is 19.1 Å². The SMILES string of the molecule is COc1ccc([C@@H]2C(=C(O)c3ccc(C)cc3)C(=O)C(=O)N2c2ccccn2)cc1OC. The molecule has 0 bridgehead atoms. The van der Waals surface area contributed by atoms with Gasteiger partial charge in [0.25, 0.3) is 5.78 Å². The van der Waals surface area contributed by atoms with E-state index in [1.807, 2.05) is 19.1 Å². The Bertz CT molecular complexity index is 1200. The molecule has 2 aromatic carbocycles. The van der Waals surface area contributed by atoms with Crippen LogP contribution in [0.25, 0.3) is 5.76 Å². The third-order valence-electron chi connectivity index (χ3n) is 5.39. The fourth-order valence-electron chi connectivity index (χ4n) is 3.77. The predicted octanol–water partition coefficient (Wildman–Crippen LogP) is 4.03. The molecule has 0 spiro atoms. The zero-order valence-electron chi connectivity index (χ0n) is 17.9. The summed E-state index contributed by atoms with van der Waals surface area (Å²) in [6, 6.07) is 16.4. The van der Waals surface area contributed by atoms with Crippen molar-refractivity contribution in [3.05, 3.63) is 89.1 Å². The second-order valence-electron chi connectivity index (χ2n) is 7.34. The van der Waals surface area contributed by atoms with Crippen molar-refractivity contribution in [3.8, 4) is 11.5 Å². The summed E-state index contributed by atoms with van der Waals surface area (Å²) in [4.78, 5) is 31.8. The first-order valence-corrected chi connectivity index (χ1v) is 9.97. The number of rotatable bonds is 5. The summed E-state index contributed by atoms with van der Waals surface area (Å²) in [6.45, 7) is 1.92. The quantitative estimate of drug-likeness (QED) is 0.373. The molecule has 2 heterocycles. The largest absolute Gasteiger partial charge is 0.507 e. The maximum absolute atomic E-state index is 13.1. The number of benzene rings is 2. The van der Waals surface area contributed by atoms with Crippen molar-refractivity contribution in [1.29, 1.82) is 0 Å². The number of ether oxygens (including phenoxy) is 2. The smallest absolute Gasteiger partial charge is 0.301 e. The van der Waals surface area contributed by atoms with Crippen LogP contribution in [0.4, 0.5) is 5.82 Å². The molecule has 7 heteroatoms. The second kappa shape index (κ2) is 8.55. The molecular weight excluding hydrogens is 408 g/mol. The normalized spacial score (nSPS) is 17.5. The summed E-state index contributed by atoms with van der Waals surface area (Å²) in [6.07, 6.45) is 1.54. The van der Waals surface area contributed by atoms with Crippen LogP contribution in [0, 0.1) is 6.92 Å². The van der Waals surface area contributed by atoms with Crippen LogP contribution >= 0.6 is 0 Å². The number of ketones is 1. The number of methoxy groups -OCH3 is 2. The Morgan fingerprint density at radius 3 is 2.31 bits per heavy atom. The highest BCUT2D eigenvalue weighted by molar-refractivity contribution is 6.51. The lowest BCUT2D eigenvalue weighted by Crippen LogP contribution is -2.30. The van der Waals surface area contributed by atoms with Crippen LogP contribution in [0.2, 0.25) is 0 Å². The number of nitrogens with zero attached hydrogens (tertiary/aromatic N) is 2. The molecule has 162 valence electrons. The monoisotopic (exact) mass is 430 g/mol. The lowest BCUT2D eigenvalue weighted by molar-refractivity contribution is -0.132. The molecule has 0 saturated carbocycles. The predicted molar refractivity (Wildman–Crippen MR) is 120 cm³/mol. The first-order chi connectivity index (χ1) is 15.5. The number of pyridine rings is 1. The highest BCUT2D eigenvalue weighted by atomic mass is 16.5. The second-order valence-corrected chi connectivity index (χ2v) is 7.34. The van der Waals surface area contributed by atoms with E-state index in [9.17, 15) is 14.7 Å². The van der Waals surface area contributed by atoms with Gasteiger partial charge in [-0.1, -0.05) is 42.0 Å². The van der Waals surface area contributed by atoms with Crippen molar-refractivity contribution in [2.75, 3.05) is 19.1 Å². The Morgan fingerprint density at radius 2 is 1.69 bits per heavy atom. The number of amides is 1. The molecule has 1 saturated heterocycles. The van der Waals surface area contributed by atoms with Crippen molar-refractivity contribution < 1.29 is 24.2 Å². The number of hydrogen-bond acceptors (Lipinski definition) is 6. The van der Waals surface area contributed by atoms with Crippen molar-refractivity contribution >= 4 is 23.3 Å². The third-order valence-corrected chi connectivity index (χ3v) is 5.39. The number of aliphatic hydroxyl groups is 1. The minimum Gasteiger partial charge on any atom is -0.507 e. The van der Waals surface area contributed by atoms with Crippen LogP contribution in [0.3, 0.4) is 0 Å². The molecule has 7 nitrogen and oxygen atoms in total. The standard InChI is InChI=1S/C25H22N2O5/c1-15-7-9-16(10-8-15)23(28)21-22(17-11-12-18(31-2)19(14-17)32-3)27(25(30)24(21)29)20-6-4-5-13-26-20/h4-14,22,28H,1-3H3/t22-/m1/s1. The number of Topliss-reactive ketones (excluding diaryl/α,β-unsaturated/α-hetero) is 1. The maximum atomic E-state index is 13.1. The van der Waals surface area contributed by atoms with Crippen LogP contribution in [0.15, 0.2) is 72.4 Å². The fraction of sp³-hybridized carbons (Fsp3) is 0.160. The number of carbonyl (C=O) groups is 2. The average Bonchev–Trinajstić information content (AvgIpc) is 3.09. The highest BCUT2D eigenvalue weighted by Crippen LogP contribution is 2.43. The van der Waals surface area contributed by atoms with Crippen molar-refractivity contribution in [3.63, 3.8) is 0 Å². The summed E-state index contributed by atoms with van der Waals surface area (Å²) in [5.74, 6) is -0.555. The Morgan fingerprint density at radius 1 is 0.969 bits per heavy atom. The third kappa shape index (κ3) is 3.58. The molecule has 0 aliphatic carbocycles.